The predicted octanol–water partition coefficient (Wildman–Crippen LogP) is 7.03. The monoisotopic (exact) mass is 338 g/mol. The third-order valence-electron chi connectivity index (χ3n) is 8.87. The molecule has 0 nitrogen and oxygen atoms in total. The number of hydrogen-bond acceptors (Lipinski definition) is 0. The lowest BCUT2D eigenvalue weighted by Crippen LogP contribution is -2.51. The highest BCUT2D eigenvalue weighted by atomic mass is 14.6. The van der Waals surface area contributed by atoms with Crippen molar-refractivity contribution in [1.82, 2.24) is 0 Å². The molecule has 0 heteroatoms. The molecule has 0 N–H and O–H groups in total. The maximum Gasteiger partial charge on any atom is -0.00297 e. The van der Waals surface area contributed by atoms with Gasteiger partial charge in [-0.25, -0.2) is 0 Å². The zero-order valence-electron chi connectivity index (χ0n) is 17.2. The van der Waals surface area contributed by atoms with Gasteiger partial charge in [0.1, 0.15) is 0 Å². The SMILES string of the molecule is C#CC.C=C1C=C2C(C)CC3C(CCC4(C)C(C)CCC34)C2(C)CC1. The summed E-state index contributed by atoms with van der Waals surface area (Å²) in [4.78, 5) is 0. The molecule has 7 atom stereocenters. The van der Waals surface area contributed by atoms with Gasteiger partial charge in [0.25, 0.3) is 0 Å². The molecule has 3 saturated carbocycles. The van der Waals surface area contributed by atoms with E-state index in [-0.39, 0.29) is 0 Å². The number of terminal acetylenes is 1. The predicted molar refractivity (Wildman–Crippen MR) is 109 cm³/mol. The van der Waals surface area contributed by atoms with Crippen LogP contribution in [-0.2, 0) is 0 Å². The average Bonchev–Trinajstić information content (AvgIpc) is 2.86. The van der Waals surface area contributed by atoms with Crippen molar-refractivity contribution in [1.29, 1.82) is 0 Å². The molecule has 0 aromatic heterocycles. The van der Waals surface area contributed by atoms with E-state index in [4.69, 9.17) is 0 Å². The molecule has 0 spiro atoms. The fourth-order valence-corrected chi connectivity index (χ4v) is 7.33. The largest absolute Gasteiger partial charge is 0.120 e. The molecule has 4 rings (SSSR count). The van der Waals surface area contributed by atoms with Crippen LogP contribution in [0.4, 0.5) is 0 Å². The molecule has 25 heavy (non-hydrogen) atoms. The van der Waals surface area contributed by atoms with Gasteiger partial charge < -0.3 is 0 Å². The maximum atomic E-state index is 4.60. The Bertz CT molecular complexity index is 602. The van der Waals surface area contributed by atoms with Crippen molar-refractivity contribution in [3.05, 3.63) is 23.8 Å². The Morgan fingerprint density at radius 3 is 2.48 bits per heavy atom. The van der Waals surface area contributed by atoms with Crippen molar-refractivity contribution < 1.29 is 0 Å². The number of fused-ring (bicyclic) bond motifs is 5. The van der Waals surface area contributed by atoms with Crippen LogP contribution < -0.4 is 0 Å². The Hall–Kier alpha value is -0.960. The van der Waals surface area contributed by atoms with Gasteiger partial charge in [-0.3, -0.25) is 0 Å². The Morgan fingerprint density at radius 1 is 1.12 bits per heavy atom. The van der Waals surface area contributed by atoms with Crippen LogP contribution in [0.2, 0.25) is 0 Å². The lowest BCUT2D eigenvalue weighted by molar-refractivity contribution is -0.0577. The highest BCUT2D eigenvalue weighted by Gasteiger charge is 2.58. The van der Waals surface area contributed by atoms with Gasteiger partial charge in [-0.1, -0.05) is 51.5 Å². The summed E-state index contributed by atoms with van der Waals surface area (Å²) in [5, 5.41) is 0. The van der Waals surface area contributed by atoms with Crippen molar-refractivity contribution in [3.8, 4) is 12.3 Å². The van der Waals surface area contributed by atoms with Gasteiger partial charge in [-0.05, 0) is 92.3 Å². The number of hydrogen-bond donors (Lipinski definition) is 0. The fraction of sp³-hybridized carbons (Fsp3) is 0.760. The minimum atomic E-state index is 0.483. The molecular formula is C25H38. The molecular weight excluding hydrogens is 300 g/mol. The smallest absolute Gasteiger partial charge is 0.00297 e. The molecule has 0 aromatic carbocycles. The first-order valence-electron chi connectivity index (χ1n) is 10.5. The van der Waals surface area contributed by atoms with Crippen LogP contribution in [0.3, 0.4) is 0 Å². The summed E-state index contributed by atoms with van der Waals surface area (Å²) in [6.45, 7) is 16.2. The van der Waals surface area contributed by atoms with Gasteiger partial charge in [-0.2, -0.15) is 0 Å². The second-order valence-corrected chi connectivity index (χ2v) is 10.0. The van der Waals surface area contributed by atoms with Crippen LogP contribution in [-0.4, -0.2) is 0 Å². The minimum absolute atomic E-state index is 0.483. The molecule has 0 aromatic rings. The summed E-state index contributed by atoms with van der Waals surface area (Å²) in [5.74, 6) is 6.93. The minimum Gasteiger partial charge on any atom is -0.120 e. The second-order valence-electron chi connectivity index (χ2n) is 10.0. The Labute approximate surface area is 156 Å². The Kier molecular flexibility index (Phi) is 5.00. The van der Waals surface area contributed by atoms with Crippen molar-refractivity contribution in [3.63, 3.8) is 0 Å². The first-order valence-corrected chi connectivity index (χ1v) is 10.5. The molecule has 3 fully saturated rings. The van der Waals surface area contributed by atoms with Crippen LogP contribution in [0, 0.1) is 52.8 Å². The van der Waals surface area contributed by atoms with E-state index in [1.165, 1.54) is 50.5 Å². The highest BCUT2D eigenvalue weighted by molar-refractivity contribution is 5.34. The van der Waals surface area contributed by atoms with Crippen molar-refractivity contribution in [2.24, 2.45) is 40.4 Å². The molecule has 0 aliphatic heterocycles. The number of rotatable bonds is 0. The third kappa shape index (κ3) is 2.83. The van der Waals surface area contributed by atoms with E-state index in [2.05, 4.69) is 52.7 Å². The molecule has 0 amide bonds. The Morgan fingerprint density at radius 2 is 1.80 bits per heavy atom. The first-order chi connectivity index (χ1) is 11.8. The molecule has 138 valence electrons. The highest BCUT2D eigenvalue weighted by Crippen LogP contribution is 2.67. The van der Waals surface area contributed by atoms with Gasteiger partial charge in [0, 0.05) is 0 Å². The van der Waals surface area contributed by atoms with Crippen molar-refractivity contribution >= 4 is 0 Å². The molecule has 0 saturated heterocycles. The normalized spacial score (nSPS) is 48.1. The van der Waals surface area contributed by atoms with Crippen LogP contribution in [0.15, 0.2) is 23.8 Å². The summed E-state index contributed by atoms with van der Waals surface area (Å²) >= 11 is 0. The van der Waals surface area contributed by atoms with E-state index < -0.39 is 0 Å². The van der Waals surface area contributed by atoms with Crippen LogP contribution in [0.1, 0.15) is 79.6 Å². The lowest BCUT2D eigenvalue weighted by atomic mass is 9.45. The zero-order chi connectivity index (χ0) is 18.4. The molecule has 0 bridgehead atoms. The fourth-order valence-electron chi connectivity index (χ4n) is 7.33. The van der Waals surface area contributed by atoms with Gasteiger partial charge in [-0.15, -0.1) is 12.3 Å². The zero-order valence-corrected chi connectivity index (χ0v) is 17.2. The average molecular weight is 339 g/mol. The van der Waals surface area contributed by atoms with E-state index in [9.17, 15) is 0 Å². The number of allylic oxidation sites excluding steroid dienone is 3. The third-order valence-corrected chi connectivity index (χ3v) is 8.87. The second kappa shape index (κ2) is 6.64. The Balaban J connectivity index is 0.000000569. The van der Waals surface area contributed by atoms with E-state index >= 15 is 0 Å². The molecule has 7 unspecified atom stereocenters. The maximum absolute atomic E-state index is 4.60. The van der Waals surface area contributed by atoms with Crippen LogP contribution in [0.5, 0.6) is 0 Å². The molecule has 0 radical (unpaired) electrons. The van der Waals surface area contributed by atoms with Gasteiger partial charge in [0.15, 0.2) is 0 Å². The topological polar surface area (TPSA) is 0 Å². The van der Waals surface area contributed by atoms with E-state index in [1.807, 2.05) is 0 Å². The lowest BCUT2D eigenvalue weighted by Gasteiger charge is -2.59. The quantitative estimate of drug-likeness (QED) is 0.416. The summed E-state index contributed by atoms with van der Waals surface area (Å²) in [7, 11) is 0. The van der Waals surface area contributed by atoms with Crippen molar-refractivity contribution in [2.75, 3.05) is 0 Å². The summed E-state index contributed by atoms with van der Waals surface area (Å²) in [6, 6.07) is 0. The van der Waals surface area contributed by atoms with E-state index in [0.29, 0.717) is 10.8 Å². The molecule has 4 aliphatic rings. The molecule has 0 heterocycles. The van der Waals surface area contributed by atoms with E-state index in [0.717, 1.165) is 29.6 Å². The first kappa shape index (κ1) is 18.8. The van der Waals surface area contributed by atoms with Gasteiger partial charge in [0.2, 0.25) is 0 Å². The summed E-state index contributed by atoms with van der Waals surface area (Å²) in [6.07, 6.45) is 17.1. The standard InChI is InChI=1S/C22H34.C3H4/c1-14-8-10-22(5)19-9-11-21(4)16(3)6-7-18(21)17(19)13-15(2)20(22)12-14;1-3-2/h12,15-19H,1,6-11,13H2,2-5H3;1H,2H3. The van der Waals surface area contributed by atoms with Crippen LogP contribution in [0.25, 0.3) is 0 Å². The van der Waals surface area contributed by atoms with Gasteiger partial charge >= 0.3 is 0 Å². The summed E-state index contributed by atoms with van der Waals surface area (Å²) in [5.41, 5.74) is 4.28. The summed E-state index contributed by atoms with van der Waals surface area (Å²) < 4.78 is 0. The van der Waals surface area contributed by atoms with Gasteiger partial charge in [0.05, 0.1) is 0 Å². The van der Waals surface area contributed by atoms with E-state index in [1.54, 1.807) is 12.5 Å². The van der Waals surface area contributed by atoms with Crippen LogP contribution >= 0.6 is 0 Å². The molecule has 4 aliphatic carbocycles. The van der Waals surface area contributed by atoms with Crippen molar-refractivity contribution in [2.45, 2.75) is 79.6 Å².